The van der Waals surface area contributed by atoms with Crippen molar-refractivity contribution in [1.29, 1.82) is 0 Å². The summed E-state index contributed by atoms with van der Waals surface area (Å²) < 4.78 is 15.6. The van der Waals surface area contributed by atoms with Crippen molar-refractivity contribution in [3.63, 3.8) is 0 Å². The zero-order valence-electron chi connectivity index (χ0n) is 15.7. The Morgan fingerprint density at radius 3 is 2.61 bits per heavy atom. The Morgan fingerprint density at radius 1 is 1.18 bits per heavy atom. The van der Waals surface area contributed by atoms with Crippen molar-refractivity contribution < 1.29 is 9.18 Å². The molecule has 0 aliphatic heterocycles. The van der Waals surface area contributed by atoms with Gasteiger partial charge in [-0.2, -0.15) is 5.10 Å². The van der Waals surface area contributed by atoms with E-state index < -0.39 is 0 Å². The Kier molecular flexibility index (Phi) is 6.46. The molecule has 7 heteroatoms. The number of hydrogen-bond donors (Lipinski definition) is 2. The quantitative estimate of drug-likeness (QED) is 0.543. The number of nitrogens with zero attached hydrogens (tertiary/aromatic N) is 2. The minimum Gasteiger partial charge on any atom is -0.334 e. The first-order chi connectivity index (χ1) is 13.4. The van der Waals surface area contributed by atoms with Crippen molar-refractivity contribution in [1.82, 2.24) is 15.1 Å². The standard InChI is InChI=1S/C21H22BrFN4O/c1-14(2)19-11-20(27(26-19)13-15-6-4-3-5-7-15)25-21(28)24-12-16-8-9-17(23)10-18(16)22/h3-11,14H,12-13H2,1-2H3,(H2,24,25,28). The number of anilines is 1. The molecular weight excluding hydrogens is 423 g/mol. The van der Waals surface area contributed by atoms with E-state index in [-0.39, 0.29) is 24.3 Å². The van der Waals surface area contributed by atoms with Gasteiger partial charge >= 0.3 is 6.03 Å². The molecule has 0 aliphatic carbocycles. The first-order valence-electron chi connectivity index (χ1n) is 9.03. The van der Waals surface area contributed by atoms with E-state index in [9.17, 15) is 9.18 Å². The molecule has 0 atom stereocenters. The lowest BCUT2D eigenvalue weighted by Gasteiger charge is -2.11. The van der Waals surface area contributed by atoms with Crippen LogP contribution in [0.2, 0.25) is 0 Å². The second-order valence-electron chi connectivity index (χ2n) is 6.80. The Morgan fingerprint density at radius 2 is 1.93 bits per heavy atom. The Bertz CT molecular complexity index is 956. The molecule has 0 fully saturated rings. The summed E-state index contributed by atoms with van der Waals surface area (Å²) in [4.78, 5) is 12.4. The van der Waals surface area contributed by atoms with Crippen LogP contribution in [0.5, 0.6) is 0 Å². The summed E-state index contributed by atoms with van der Waals surface area (Å²) in [6.07, 6.45) is 0. The van der Waals surface area contributed by atoms with Gasteiger partial charge in [-0.3, -0.25) is 5.32 Å². The molecule has 5 nitrogen and oxygen atoms in total. The second kappa shape index (κ2) is 9.01. The molecule has 0 radical (unpaired) electrons. The van der Waals surface area contributed by atoms with Crippen LogP contribution >= 0.6 is 15.9 Å². The summed E-state index contributed by atoms with van der Waals surface area (Å²) in [5, 5.41) is 10.3. The number of amides is 2. The number of benzene rings is 2. The lowest BCUT2D eigenvalue weighted by Crippen LogP contribution is -2.29. The highest BCUT2D eigenvalue weighted by Gasteiger charge is 2.14. The fraction of sp³-hybridized carbons (Fsp3) is 0.238. The van der Waals surface area contributed by atoms with Crippen LogP contribution in [-0.4, -0.2) is 15.8 Å². The maximum atomic E-state index is 13.2. The van der Waals surface area contributed by atoms with Crippen LogP contribution in [-0.2, 0) is 13.1 Å². The van der Waals surface area contributed by atoms with Crippen molar-refractivity contribution in [3.8, 4) is 0 Å². The van der Waals surface area contributed by atoms with E-state index in [1.807, 2.05) is 36.4 Å². The third-order valence-corrected chi connectivity index (χ3v) is 5.00. The highest BCUT2D eigenvalue weighted by molar-refractivity contribution is 9.10. The topological polar surface area (TPSA) is 59.0 Å². The summed E-state index contributed by atoms with van der Waals surface area (Å²) >= 11 is 3.31. The van der Waals surface area contributed by atoms with Gasteiger partial charge in [0.2, 0.25) is 0 Å². The van der Waals surface area contributed by atoms with Crippen LogP contribution in [0.15, 0.2) is 59.1 Å². The number of hydrogen-bond acceptors (Lipinski definition) is 2. The molecule has 2 amide bonds. The van der Waals surface area contributed by atoms with Gasteiger partial charge in [0.1, 0.15) is 11.6 Å². The number of carbonyl (C=O) groups excluding carboxylic acids is 1. The van der Waals surface area contributed by atoms with Crippen molar-refractivity contribution in [2.45, 2.75) is 32.9 Å². The molecule has 0 aliphatic rings. The normalized spacial score (nSPS) is 10.9. The summed E-state index contributed by atoms with van der Waals surface area (Å²) in [5.41, 5.74) is 2.80. The predicted octanol–water partition coefficient (Wildman–Crippen LogP) is 5.28. The van der Waals surface area contributed by atoms with Gasteiger partial charge in [-0.05, 0) is 29.2 Å². The number of halogens is 2. The Hall–Kier alpha value is -2.67. The summed E-state index contributed by atoms with van der Waals surface area (Å²) in [5.74, 6) is 0.546. The smallest absolute Gasteiger partial charge is 0.320 e. The number of aromatic nitrogens is 2. The lowest BCUT2D eigenvalue weighted by atomic mass is 10.1. The van der Waals surface area contributed by atoms with Gasteiger partial charge in [0.25, 0.3) is 0 Å². The molecule has 28 heavy (non-hydrogen) atoms. The zero-order chi connectivity index (χ0) is 20.1. The van der Waals surface area contributed by atoms with Crippen LogP contribution < -0.4 is 10.6 Å². The molecular formula is C21H22BrFN4O. The molecule has 0 saturated heterocycles. The van der Waals surface area contributed by atoms with Gasteiger partial charge in [-0.1, -0.05) is 66.2 Å². The maximum Gasteiger partial charge on any atom is 0.320 e. The highest BCUT2D eigenvalue weighted by Crippen LogP contribution is 2.20. The Labute approximate surface area is 172 Å². The van der Waals surface area contributed by atoms with E-state index >= 15 is 0 Å². The first-order valence-corrected chi connectivity index (χ1v) is 9.82. The van der Waals surface area contributed by atoms with Crippen molar-refractivity contribution in [3.05, 3.63) is 81.7 Å². The average molecular weight is 445 g/mol. The van der Waals surface area contributed by atoms with Crippen LogP contribution in [0, 0.1) is 5.82 Å². The van der Waals surface area contributed by atoms with Crippen LogP contribution in [0.4, 0.5) is 15.0 Å². The SMILES string of the molecule is CC(C)c1cc(NC(=O)NCc2ccc(F)cc2Br)n(Cc2ccccc2)n1. The first kappa shape index (κ1) is 20.1. The second-order valence-corrected chi connectivity index (χ2v) is 7.65. The number of urea groups is 1. The minimum absolute atomic E-state index is 0.246. The van der Waals surface area contributed by atoms with Crippen molar-refractivity contribution in [2.75, 3.05) is 5.32 Å². The monoisotopic (exact) mass is 444 g/mol. The molecule has 0 spiro atoms. The molecule has 0 saturated carbocycles. The molecule has 0 bridgehead atoms. The minimum atomic E-state index is -0.347. The molecule has 146 valence electrons. The van der Waals surface area contributed by atoms with E-state index in [2.05, 4.69) is 45.5 Å². The van der Waals surface area contributed by atoms with E-state index in [4.69, 9.17) is 0 Å². The van der Waals surface area contributed by atoms with Crippen LogP contribution in [0.1, 0.15) is 36.6 Å². The van der Waals surface area contributed by atoms with E-state index in [0.29, 0.717) is 16.8 Å². The van der Waals surface area contributed by atoms with Crippen molar-refractivity contribution in [2.24, 2.45) is 0 Å². The third-order valence-electron chi connectivity index (χ3n) is 4.26. The van der Waals surface area contributed by atoms with Gasteiger partial charge < -0.3 is 5.32 Å². The third kappa shape index (κ3) is 5.19. The summed E-state index contributed by atoms with van der Waals surface area (Å²) in [6, 6.07) is 15.9. The van der Waals surface area contributed by atoms with Crippen LogP contribution in [0.25, 0.3) is 0 Å². The lowest BCUT2D eigenvalue weighted by molar-refractivity contribution is 0.251. The number of rotatable bonds is 6. The molecule has 0 unspecified atom stereocenters. The van der Waals surface area contributed by atoms with Crippen LogP contribution in [0.3, 0.4) is 0 Å². The average Bonchev–Trinajstić information content (AvgIpc) is 3.04. The molecule has 1 aromatic heterocycles. The van der Waals surface area contributed by atoms with Crippen molar-refractivity contribution >= 4 is 27.8 Å². The van der Waals surface area contributed by atoms with Gasteiger partial charge in [0, 0.05) is 17.1 Å². The maximum absolute atomic E-state index is 13.2. The van der Waals surface area contributed by atoms with Gasteiger partial charge in [0.05, 0.1) is 12.2 Å². The molecule has 3 aromatic rings. The number of carbonyl (C=O) groups is 1. The van der Waals surface area contributed by atoms with E-state index in [1.54, 1.807) is 10.7 Å². The zero-order valence-corrected chi connectivity index (χ0v) is 17.3. The largest absolute Gasteiger partial charge is 0.334 e. The number of nitrogens with one attached hydrogen (secondary N) is 2. The molecule has 3 rings (SSSR count). The predicted molar refractivity (Wildman–Crippen MR) is 112 cm³/mol. The fourth-order valence-electron chi connectivity index (χ4n) is 2.70. The molecule has 2 aromatic carbocycles. The van der Waals surface area contributed by atoms with Gasteiger partial charge in [-0.25, -0.2) is 13.9 Å². The summed E-state index contributed by atoms with van der Waals surface area (Å²) in [7, 11) is 0. The van der Waals surface area contributed by atoms with Gasteiger partial charge in [-0.15, -0.1) is 0 Å². The van der Waals surface area contributed by atoms with E-state index in [1.165, 1.54) is 12.1 Å². The summed E-state index contributed by atoms with van der Waals surface area (Å²) in [6.45, 7) is 4.96. The highest BCUT2D eigenvalue weighted by atomic mass is 79.9. The Balaban J connectivity index is 1.70. The molecule has 2 N–H and O–H groups in total. The fourth-order valence-corrected chi connectivity index (χ4v) is 3.19. The van der Waals surface area contributed by atoms with E-state index in [0.717, 1.165) is 16.8 Å². The molecule has 1 heterocycles. The van der Waals surface area contributed by atoms with Gasteiger partial charge in [0.15, 0.2) is 0 Å².